The maximum atomic E-state index is 12.2. The van der Waals surface area contributed by atoms with Crippen LogP contribution in [0.4, 0.5) is 4.79 Å². The van der Waals surface area contributed by atoms with E-state index in [0.717, 1.165) is 11.1 Å². The van der Waals surface area contributed by atoms with Gasteiger partial charge in [-0.15, -0.1) is 0 Å². The Balaban J connectivity index is 2.66. The van der Waals surface area contributed by atoms with Crippen molar-refractivity contribution in [3.8, 4) is 0 Å². The molecule has 2 rings (SSSR count). The number of nitrogens with zero attached hydrogens (tertiary/aromatic N) is 2. The lowest BCUT2D eigenvalue weighted by atomic mass is 9.75. The average molecular weight is 391 g/mol. The maximum absolute atomic E-state index is 12.2. The van der Waals surface area contributed by atoms with Crippen molar-refractivity contribution in [2.75, 3.05) is 13.7 Å². The highest BCUT2D eigenvalue weighted by Gasteiger charge is 2.44. The van der Waals surface area contributed by atoms with E-state index in [0.29, 0.717) is 37.8 Å². The monoisotopic (exact) mass is 391 g/mol. The van der Waals surface area contributed by atoms with Crippen LogP contribution in [0.2, 0.25) is 0 Å². The molecular weight excluding hydrogens is 362 g/mol. The number of oxime groups is 1. The van der Waals surface area contributed by atoms with Gasteiger partial charge in [-0.05, 0) is 48.8 Å². The molecule has 0 radical (unpaired) electrons. The fourth-order valence-electron chi connectivity index (χ4n) is 4.22. The summed E-state index contributed by atoms with van der Waals surface area (Å²) in [6.07, 6.45) is 1.35. The van der Waals surface area contributed by atoms with Crippen LogP contribution in [-0.4, -0.2) is 46.8 Å². The molecule has 0 spiro atoms. The molecular formula is C20H29N3O5. The number of fused-ring (bicyclic) bond motifs is 1. The smallest absolute Gasteiger partial charge is 0.408 e. The Labute approximate surface area is 165 Å². The Bertz CT molecular complexity index is 762. The second-order valence-corrected chi connectivity index (χ2v) is 7.60. The van der Waals surface area contributed by atoms with E-state index in [1.807, 2.05) is 26.0 Å². The number of carbonyl (C=O) groups excluding carboxylic acids is 1. The van der Waals surface area contributed by atoms with Crippen molar-refractivity contribution in [3.05, 3.63) is 34.9 Å². The number of hydrogen-bond donors (Lipinski definition) is 3. The number of benzene rings is 1. The topological polar surface area (TPSA) is 125 Å². The molecule has 28 heavy (non-hydrogen) atoms. The van der Waals surface area contributed by atoms with Gasteiger partial charge in [0.2, 0.25) is 0 Å². The van der Waals surface area contributed by atoms with Gasteiger partial charge in [0.1, 0.15) is 0 Å². The van der Waals surface area contributed by atoms with Gasteiger partial charge in [0.25, 0.3) is 0 Å². The third kappa shape index (κ3) is 4.37. The number of methoxy groups -OCH3 is 1. The van der Waals surface area contributed by atoms with Gasteiger partial charge in [-0.2, -0.15) is 0 Å². The third-order valence-corrected chi connectivity index (χ3v) is 5.30. The van der Waals surface area contributed by atoms with E-state index >= 15 is 0 Å². The quantitative estimate of drug-likeness (QED) is 0.225. The van der Waals surface area contributed by atoms with Gasteiger partial charge >= 0.3 is 12.1 Å². The Hall–Kier alpha value is -2.77. The summed E-state index contributed by atoms with van der Waals surface area (Å²) in [6, 6.07) is 5.43. The Morgan fingerprint density at radius 2 is 2.11 bits per heavy atom. The number of carboxylic acid groups (broad SMARTS) is 1. The number of ether oxygens (including phenoxy) is 1. The second-order valence-electron chi connectivity index (χ2n) is 7.60. The number of carbonyl (C=O) groups is 2. The number of aryl methyl sites for hydroxylation is 1. The third-order valence-electron chi connectivity index (χ3n) is 5.30. The van der Waals surface area contributed by atoms with Crippen molar-refractivity contribution in [1.82, 2.24) is 4.90 Å². The second kappa shape index (κ2) is 8.95. The van der Waals surface area contributed by atoms with Gasteiger partial charge < -0.3 is 20.8 Å². The summed E-state index contributed by atoms with van der Waals surface area (Å²) in [7, 11) is 1.33. The van der Waals surface area contributed by atoms with Crippen LogP contribution < -0.4 is 5.73 Å². The van der Waals surface area contributed by atoms with Crippen LogP contribution in [0.1, 0.15) is 56.2 Å². The highest BCUT2D eigenvalue weighted by Crippen LogP contribution is 2.43. The van der Waals surface area contributed by atoms with Gasteiger partial charge in [-0.25, -0.2) is 4.79 Å². The van der Waals surface area contributed by atoms with Crippen molar-refractivity contribution in [1.29, 1.82) is 0 Å². The minimum Gasteiger partial charge on any atom is -0.469 e. The van der Waals surface area contributed by atoms with Crippen molar-refractivity contribution < 1.29 is 24.6 Å². The molecule has 8 heteroatoms. The van der Waals surface area contributed by atoms with Gasteiger partial charge in [0.05, 0.1) is 12.6 Å². The van der Waals surface area contributed by atoms with Crippen molar-refractivity contribution >= 4 is 17.9 Å². The summed E-state index contributed by atoms with van der Waals surface area (Å²) in [5.41, 5.74) is 7.31. The normalized spacial score (nSPS) is 19.9. The van der Waals surface area contributed by atoms with Crippen LogP contribution in [0, 0.1) is 5.92 Å². The van der Waals surface area contributed by atoms with Gasteiger partial charge in [0, 0.05) is 18.5 Å². The van der Waals surface area contributed by atoms with E-state index in [1.165, 1.54) is 12.0 Å². The molecule has 0 aromatic heterocycles. The van der Waals surface area contributed by atoms with Crippen LogP contribution >= 0.6 is 0 Å². The van der Waals surface area contributed by atoms with E-state index in [9.17, 15) is 14.7 Å². The number of nitrogens with two attached hydrogens (primary N) is 1. The molecule has 1 aliphatic heterocycles. The lowest BCUT2D eigenvalue weighted by Gasteiger charge is -2.44. The number of amidine groups is 1. The van der Waals surface area contributed by atoms with Gasteiger partial charge in [0.15, 0.2) is 5.84 Å². The number of hydrogen-bond acceptors (Lipinski definition) is 5. The summed E-state index contributed by atoms with van der Waals surface area (Å²) in [6.45, 7) is 4.45. The van der Waals surface area contributed by atoms with E-state index in [2.05, 4.69) is 5.16 Å². The Kier molecular flexibility index (Phi) is 6.88. The molecule has 1 atom stereocenters. The first-order chi connectivity index (χ1) is 13.2. The number of amides is 1. The van der Waals surface area contributed by atoms with Crippen LogP contribution in [0.15, 0.2) is 23.4 Å². The van der Waals surface area contributed by atoms with Crippen LogP contribution in [0.25, 0.3) is 0 Å². The molecule has 1 heterocycles. The minimum atomic E-state index is -1.00. The van der Waals surface area contributed by atoms with E-state index in [4.69, 9.17) is 15.7 Å². The van der Waals surface area contributed by atoms with Crippen LogP contribution in [0.3, 0.4) is 0 Å². The van der Waals surface area contributed by atoms with E-state index in [1.54, 1.807) is 6.07 Å². The Morgan fingerprint density at radius 3 is 2.68 bits per heavy atom. The summed E-state index contributed by atoms with van der Waals surface area (Å²) >= 11 is 0. The molecule has 1 aromatic carbocycles. The van der Waals surface area contributed by atoms with E-state index in [-0.39, 0.29) is 24.1 Å². The molecule has 0 bridgehead atoms. The molecule has 1 amide bonds. The lowest BCUT2D eigenvalue weighted by Crippen LogP contribution is -2.50. The predicted octanol–water partition coefficient (Wildman–Crippen LogP) is 2.90. The molecule has 0 fully saturated rings. The molecule has 0 aliphatic carbocycles. The fourth-order valence-corrected chi connectivity index (χ4v) is 4.22. The lowest BCUT2D eigenvalue weighted by molar-refractivity contribution is -0.141. The highest BCUT2D eigenvalue weighted by molar-refractivity contribution is 5.97. The van der Waals surface area contributed by atoms with Crippen molar-refractivity contribution in [3.63, 3.8) is 0 Å². The number of esters is 1. The average Bonchev–Trinajstić information content (AvgIpc) is 2.81. The van der Waals surface area contributed by atoms with Crippen molar-refractivity contribution in [2.45, 2.75) is 51.5 Å². The van der Waals surface area contributed by atoms with Crippen molar-refractivity contribution in [2.24, 2.45) is 16.8 Å². The predicted molar refractivity (Wildman–Crippen MR) is 104 cm³/mol. The SMILES string of the molecule is COC(=O)CCC1(CC(C)C)c2ccc(C(N)=NO)cc2CCCN1C(=O)O. The molecule has 0 saturated heterocycles. The zero-order valence-electron chi connectivity index (χ0n) is 16.6. The molecule has 154 valence electrons. The molecule has 1 aliphatic rings. The van der Waals surface area contributed by atoms with Crippen LogP contribution in [0.5, 0.6) is 0 Å². The van der Waals surface area contributed by atoms with Gasteiger partial charge in [-0.3, -0.25) is 9.69 Å². The Morgan fingerprint density at radius 1 is 1.39 bits per heavy atom. The summed E-state index contributed by atoms with van der Waals surface area (Å²) < 4.78 is 4.81. The maximum Gasteiger partial charge on any atom is 0.408 e. The zero-order chi connectivity index (χ0) is 20.9. The number of rotatable bonds is 6. The summed E-state index contributed by atoms with van der Waals surface area (Å²) in [4.78, 5) is 25.6. The van der Waals surface area contributed by atoms with Gasteiger partial charge in [-0.1, -0.05) is 31.1 Å². The zero-order valence-corrected chi connectivity index (χ0v) is 16.6. The largest absolute Gasteiger partial charge is 0.469 e. The minimum absolute atomic E-state index is 0.00570. The first-order valence-electron chi connectivity index (χ1n) is 9.44. The molecule has 0 saturated carbocycles. The first kappa shape index (κ1) is 21.5. The molecule has 4 N–H and O–H groups in total. The van der Waals surface area contributed by atoms with Crippen LogP contribution in [-0.2, 0) is 21.5 Å². The summed E-state index contributed by atoms with van der Waals surface area (Å²) in [5, 5.41) is 22.0. The first-order valence-corrected chi connectivity index (χ1v) is 9.44. The van der Waals surface area contributed by atoms with E-state index < -0.39 is 11.6 Å². The summed E-state index contributed by atoms with van der Waals surface area (Å²) in [5.74, 6) is -0.159. The molecule has 1 aromatic rings. The fraction of sp³-hybridized carbons (Fsp3) is 0.550. The standard InChI is InChI=1S/C20H29N3O5/c1-13(2)12-20(9-8-17(24)28-3)16-7-6-15(18(21)22-27)11-14(16)5-4-10-23(20)19(25)26/h6-7,11,13,27H,4-5,8-10,12H2,1-3H3,(H2,21,22)(H,25,26). The molecule has 1 unspecified atom stereocenters. The highest BCUT2D eigenvalue weighted by atomic mass is 16.5. The molecule has 8 nitrogen and oxygen atoms in total.